The minimum absolute atomic E-state index is 0.0712. The number of fused-ring (bicyclic) bond motifs is 1. The summed E-state index contributed by atoms with van der Waals surface area (Å²) in [4.78, 5) is 32.5. The maximum atomic E-state index is 13.1. The molecule has 0 fully saturated rings. The van der Waals surface area contributed by atoms with Crippen molar-refractivity contribution in [3.63, 3.8) is 0 Å². The van der Waals surface area contributed by atoms with Crippen molar-refractivity contribution < 1.29 is 18.0 Å². The van der Waals surface area contributed by atoms with E-state index >= 15 is 0 Å². The highest BCUT2D eigenvalue weighted by molar-refractivity contribution is 7.99. The Morgan fingerprint density at radius 3 is 2.27 bits per heavy atom. The first-order chi connectivity index (χ1) is 17.8. The van der Waals surface area contributed by atoms with Gasteiger partial charge >= 0.3 is 0 Å². The number of nitrogens with zero attached hydrogens (tertiary/aromatic N) is 1. The molecule has 10 heteroatoms. The number of carbonyl (C=O) groups excluding carboxylic acids is 2. The molecule has 0 saturated carbocycles. The van der Waals surface area contributed by atoms with Crippen molar-refractivity contribution in [1.29, 1.82) is 0 Å². The largest absolute Gasteiger partial charge is 0.344 e. The molecule has 37 heavy (non-hydrogen) atoms. The normalized spacial score (nSPS) is 16.1. The van der Waals surface area contributed by atoms with Crippen molar-refractivity contribution in [2.45, 2.75) is 24.9 Å². The number of aromatic amines is 1. The monoisotopic (exact) mass is 515 g/mol. The molecular weight excluding hydrogens is 490 g/mol. The third kappa shape index (κ3) is 5.45. The Morgan fingerprint density at radius 1 is 0.919 bits per heavy atom. The number of imidazole rings is 1. The van der Waals surface area contributed by atoms with E-state index in [-0.39, 0.29) is 10.8 Å². The van der Waals surface area contributed by atoms with E-state index in [1.54, 1.807) is 24.3 Å². The summed E-state index contributed by atoms with van der Waals surface area (Å²) in [7, 11) is -3.86. The van der Waals surface area contributed by atoms with Crippen LogP contribution < -0.4 is 15.8 Å². The van der Waals surface area contributed by atoms with E-state index in [4.69, 9.17) is 5.73 Å². The molecule has 0 bridgehead atoms. The molecule has 3 aromatic carbocycles. The van der Waals surface area contributed by atoms with Crippen molar-refractivity contribution in [2.75, 3.05) is 0 Å². The average Bonchev–Trinajstić information content (AvgIpc) is 3.44. The number of H-pyrrole nitrogens is 1. The summed E-state index contributed by atoms with van der Waals surface area (Å²) in [6, 6.07) is 22.7. The number of hydrogen-bond acceptors (Lipinski definition) is 6. The standard InChI is InChI=1S/C27H25N5O4S/c28-20(14-17-6-2-1-3-7-17)27(34)31-23(26-29-21-8-4-5-9-22(21)30-26)15-18-10-12-19(13-11-18)24-16-25(33)32-37(24,35)36/h1-13,16,20,23H,14-15,28H2,(H,29,30)(H,31,34)(H,32,33)/t20-,23+/m0/s1. The van der Waals surface area contributed by atoms with Crippen LogP contribution >= 0.6 is 0 Å². The number of para-hydroxylation sites is 2. The molecule has 0 unspecified atom stereocenters. The number of aromatic nitrogens is 2. The fraction of sp³-hybridized carbons (Fsp3) is 0.148. The van der Waals surface area contributed by atoms with Crippen LogP contribution in [0.1, 0.15) is 28.6 Å². The van der Waals surface area contributed by atoms with Gasteiger partial charge in [0.25, 0.3) is 15.9 Å². The van der Waals surface area contributed by atoms with E-state index in [9.17, 15) is 18.0 Å². The third-order valence-electron chi connectivity index (χ3n) is 6.15. The van der Waals surface area contributed by atoms with Crippen LogP contribution in [0.15, 0.2) is 84.9 Å². The van der Waals surface area contributed by atoms with Crippen LogP contribution in [0.3, 0.4) is 0 Å². The number of hydrogen-bond donors (Lipinski definition) is 4. The highest BCUT2D eigenvalue weighted by Crippen LogP contribution is 2.26. The first kappa shape index (κ1) is 24.4. The Morgan fingerprint density at radius 2 is 1.59 bits per heavy atom. The third-order valence-corrected chi connectivity index (χ3v) is 7.56. The number of rotatable bonds is 8. The maximum absolute atomic E-state index is 13.1. The Bertz CT molecular complexity index is 1560. The fourth-order valence-electron chi connectivity index (χ4n) is 4.29. The molecule has 2 atom stereocenters. The topological polar surface area (TPSA) is 147 Å². The zero-order valence-corrected chi connectivity index (χ0v) is 20.5. The second kappa shape index (κ2) is 10.00. The molecule has 0 aliphatic carbocycles. The zero-order chi connectivity index (χ0) is 26.0. The van der Waals surface area contributed by atoms with Gasteiger partial charge in [-0.05, 0) is 41.7 Å². The zero-order valence-electron chi connectivity index (χ0n) is 19.7. The van der Waals surface area contributed by atoms with E-state index in [1.807, 2.05) is 59.3 Å². The first-order valence-corrected chi connectivity index (χ1v) is 13.2. The Labute approximate surface area is 213 Å². The fourth-order valence-corrected chi connectivity index (χ4v) is 5.43. The van der Waals surface area contributed by atoms with Gasteiger partial charge in [-0.3, -0.25) is 9.59 Å². The molecule has 0 saturated heterocycles. The maximum Gasteiger partial charge on any atom is 0.265 e. The molecule has 2 amide bonds. The van der Waals surface area contributed by atoms with Crippen LogP contribution in [0.2, 0.25) is 0 Å². The van der Waals surface area contributed by atoms with E-state index < -0.39 is 28.0 Å². The van der Waals surface area contributed by atoms with Gasteiger partial charge in [-0.2, -0.15) is 0 Å². The SMILES string of the molecule is N[C@@H](Cc1ccccc1)C(=O)N[C@H](Cc1ccc(C2=CC(=O)NS2(=O)=O)cc1)c1nc2ccccc2[nH]1. The van der Waals surface area contributed by atoms with Gasteiger partial charge in [0.05, 0.1) is 23.1 Å². The van der Waals surface area contributed by atoms with Crippen LogP contribution in [0, 0.1) is 0 Å². The van der Waals surface area contributed by atoms with Crippen LogP contribution in [0.4, 0.5) is 0 Å². The summed E-state index contributed by atoms with van der Waals surface area (Å²) in [5, 5.41) is 3.03. The predicted molar refractivity (Wildman–Crippen MR) is 140 cm³/mol. The van der Waals surface area contributed by atoms with Gasteiger partial charge < -0.3 is 16.0 Å². The molecule has 5 rings (SSSR count). The van der Waals surface area contributed by atoms with Gasteiger partial charge in [0.15, 0.2) is 0 Å². The van der Waals surface area contributed by atoms with Crippen molar-refractivity contribution in [1.82, 2.24) is 20.0 Å². The van der Waals surface area contributed by atoms with Gasteiger partial charge in [-0.1, -0.05) is 66.7 Å². The molecule has 5 N–H and O–H groups in total. The Hall–Kier alpha value is -4.28. The van der Waals surface area contributed by atoms with Gasteiger partial charge in [0.2, 0.25) is 5.91 Å². The first-order valence-electron chi connectivity index (χ1n) is 11.7. The summed E-state index contributed by atoms with van der Waals surface area (Å²) in [5.41, 5.74) is 10.0. The molecule has 1 aliphatic rings. The molecule has 188 valence electrons. The van der Waals surface area contributed by atoms with Crippen molar-refractivity contribution >= 4 is 37.8 Å². The van der Waals surface area contributed by atoms with Crippen molar-refractivity contribution in [2.24, 2.45) is 5.73 Å². The van der Waals surface area contributed by atoms with E-state index in [2.05, 4.69) is 15.3 Å². The second-order valence-electron chi connectivity index (χ2n) is 8.88. The molecule has 0 radical (unpaired) electrons. The van der Waals surface area contributed by atoms with Crippen LogP contribution in [0.5, 0.6) is 0 Å². The quantitative estimate of drug-likeness (QED) is 0.283. The summed E-state index contributed by atoms with van der Waals surface area (Å²) in [5.74, 6) is -0.391. The lowest BCUT2D eigenvalue weighted by Gasteiger charge is -2.20. The minimum Gasteiger partial charge on any atom is -0.344 e. The van der Waals surface area contributed by atoms with Crippen molar-refractivity contribution in [3.8, 4) is 0 Å². The molecule has 2 heterocycles. The van der Waals surface area contributed by atoms with Crippen LogP contribution in [-0.4, -0.2) is 36.2 Å². The summed E-state index contributed by atoms with van der Waals surface area (Å²) >= 11 is 0. The van der Waals surface area contributed by atoms with Crippen molar-refractivity contribution in [3.05, 3.63) is 107 Å². The molecule has 1 aromatic heterocycles. The number of nitrogens with two attached hydrogens (primary N) is 1. The lowest BCUT2D eigenvalue weighted by molar-refractivity contribution is -0.123. The van der Waals surface area contributed by atoms with E-state index in [1.165, 1.54) is 0 Å². The highest BCUT2D eigenvalue weighted by atomic mass is 32.2. The minimum atomic E-state index is -3.86. The highest BCUT2D eigenvalue weighted by Gasteiger charge is 2.29. The number of carbonyl (C=O) groups is 2. The number of benzene rings is 3. The summed E-state index contributed by atoms with van der Waals surface area (Å²) < 4.78 is 26.2. The number of sulfonamides is 1. The smallest absolute Gasteiger partial charge is 0.265 e. The molecule has 1 aliphatic heterocycles. The molecule has 0 spiro atoms. The molecule has 4 aromatic rings. The second-order valence-corrected chi connectivity index (χ2v) is 10.5. The number of amides is 2. The summed E-state index contributed by atoms with van der Waals surface area (Å²) in [6.07, 6.45) is 1.84. The Kier molecular flexibility index (Phi) is 6.60. The van der Waals surface area contributed by atoms with Gasteiger partial charge in [-0.25, -0.2) is 18.1 Å². The number of nitrogens with one attached hydrogen (secondary N) is 3. The van der Waals surface area contributed by atoms with Gasteiger partial charge in [0.1, 0.15) is 10.7 Å². The van der Waals surface area contributed by atoms with Gasteiger partial charge in [-0.15, -0.1) is 0 Å². The summed E-state index contributed by atoms with van der Waals surface area (Å²) in [6.45, 7) is 0. The molecular formula is C27H25N5O4S. The van der Waals surface area contributed by atoms with Crippen LogP contribution in [-0.2, 0) is 32.5 Å². The van der Waals surface area contributed by atoms with Gasteiger partial charge in [0, 0.05) is 6.08 Å². The van der Waals surface area contributed by atoms with Crippen LogP contribution in [0.25, 0.3) is 15.9 Å². The predicted octanol–water partition coefficient (Wildman–Crippen LogP) is 2.33. The van der Waals surface area contributed by atoms with E-state index in [0.29, 0.717) is 24.2 Å². The lowest BCUT2D eigenvalue weighted by Crippen LogP contribution is -2.44. The van der Waals surface area contributed by atoms with E-state index in [0.717, 1.165) is 28.2 Å². The lowest BCUT2D eigenvalue weighted by atomic mass is 10.0. The molecule has 9 nitrogen and oxygen atoms in total. The average molecular weight is 516 g/mol. The Balaban J connectivity index is 1.38.